The van der Waals surface area contributed by atoms with Crippen molar-refractivity contribution in [1.82, 2.24) is 15.0 Å². The molecule has 1 aromatic heterocycles. The van der Waals surface area contributed by atoms with Crippen LogP contribution in [-0.4, -0.2) is 40.3 Å². The molecule has 1 aliphatic carbocycles. The molecule has 106 valence electrons. The molecule has 4 N–H and O–H groups in total. The maximum absolute atomic E-state index is 5.50. The molecule has 2 rings (SSSR count). The summed E-state index contributed by atoms with van der Waals surface area (Å²) < 4.78 is 10.8. The van der Waals surface area contributed by atoms with Crippen molar-refractivity contribution < 1.29 is 9.47 Å². The highest BCUT2D eigenvalue weighted by Crippen LogP contribution is 2.26. The Labute approximate surface area is 112 Å². The fourth-order valence-corrected chi connectivity index (χ4v) is 1.92. The van der Waals surface area contributed by atoms with E-state index in [-0.39, 0.29) is 12.0 Å². The Morgan fingerprint density at radius 2 is 1.89 bits per heavy atom. The van der Waals surface area contributed by atoms with Gasteiger partial charge in [-0.3, -0.25) is 5.43 Å². The minimum atomic E-state index is 0.258. The molecular weight excluding hydrogens is 248 g/mol. The second kappa shape index (κ2) is 6.48. The molecule has 0 radical (unpaired) electrons. The van der Waals surface area contributed by atoms with Gasteiger partial charge in [-0.05, 0) is 26.7 Å². The minimum absolute atomic E-state index is 0.258. The molecule has 19 heavy (non-hydrogen) atoms. The number of hydrogen-bond acceptors (Lipinski definition) is 8. The molecule has 8 heteroatoms. The molecule has 0 atom stereocenters. The van der Waals surface area contributed by atoms with Crippen LogP contribution < -0.4 is 21.3 Å². The molecule has 1 fully saturated rings. The van der Waals surface area contributed by atoms with E-state index in [1.165, 1.54) is 0 Å². The van der Waals surface area contributed by atoms with E-state index < -0.39 is 0 Å². The third kappa shape index (κ3) is 3.65. The van der Waals surface area contributed by atoms with Crippen LogP contribution in [0.15, 0.2) is 0 Å². The molecule has 0 amide bonds. The minimum Gasteiger partial charge on any atom is -0.464 e. The monoisotopic (exact) mass is 268 g/mol. The van der Waals surface area contributed by atoms with Crippen LogP contribution in [0, 0.1) is 0 Å². The topological polar surface area (TPSA) is 107 Å². The number of aromatic nitrogens is 3. The number of nitrogen functional groups attached to an aromatic ring is 1. The number of hydrogen-bond donors (Lipinski definition) is 3. The normalized spacial score (nSPS) is 21.6. The van der Waals surface area contributed by atoms with E-state index >= 15 is 0 Å². The van der Waals surface area contributed by atoms with Crippen molar-refractivity contribution in [2.75, 3.05) is 24.0 Å². The molecule has 1 heterocycles. The molecule has 0 aromatic carbocycles. The second-order valence-corrected chi connectivity index (χ2v) is 4.23. The predicted molar refractivity (Wildman–Crippen MR) is 70.9 cm³/mol. The number of nitrogens with one attached hydrogen (secondary N) is 2. The van der Waals surface area contributed by atoms with E-state index in [9.17, 15) is 0 Å². The highest BCUT2D eigenvalue weighted by Gasteiger charge is 2.30. The number of nitrogens with zero attached hydrogens (tertiary/aromatic N) is 3. The molecule has 0 spiro atoms. The van der Waals surface area contributed by atoms with Crippen molar-refractivity contribution in [2.45, 2.75) is 38.8 Å². The van der Waals surface area contributed by atoms with Gasteiger partial charge in [-0.15, -0.1) is 0 Å². The zero-order valence-corrected chi connectivity index (χ0v) is 11.2. The van der Waals surface area contributed by atoms with Crippen LogP contribution in [0.25, 0.3) is 0 Å². The third-order valence-corrected chi connectivity index (χ3v) is 2.85. The van der Waals surface area contributed by atoms with E-state index in [1.54, 1.807) is 0 Å². The van der Waals surface area contributed by atoms with E-state index in [1.807, 2.05) is 13.8 Å². The van der Waals surface area contributed by atoms with Crippen LogP contribution in [0.4, 0.5) is 11.9 Å². The molecule has 1 aliphatic rings. The Bertz CT molecular complexity index is 410. The lowest BCUT2D eigenvalue weighted by molar-refractivity contribution is 0.00284. The van der Waals surface area contributed by atoms with Crippen LogP contribution >= 0.6 is 0 Å². The first-order valence-electron chi connectivity index (χ1n) is 6.48. The number of rotatable bonds is 7. The molecule has 8 nitrogen and oxygen atoms in total. The van der Waals surface area contributed by atoms with Crippen molar-refractivity contribution >= 4 is 11.9 Å². The van der Waals surface area contributed by atoms with Gasteiger partial charge in [0.1, 0.15) is 0 Å². The van der Waals surface area contributed by atoms with Gasteiger partial charge in [-0.25, -0.2) is 5.84 Å². The van der Waals surface area contributed by atoms with Gasteiger partial charge in [0.05, 0.1) is 12.7 Å². The Balaban J connectivity index is 1.94. The average Bonchev–Trinajstić information content (AvgIpc) is 2.36. The van der Waals surface area contributed by atoms with Gasteiger partial charge < -0.3 is 14.8 Å². The quantitative estimate of drug-likeness (QED) is 0.485. The molecule has 0 unspecified atom stereocenters. The Morgan fingerprint density at radius 1 is 1.16 bits per heavy atom. The van der Waals surface area contributed by atoms with Crippen LogP contribution in [-0.2, 0) is 4.74 Å². The van der Waals surface area contributed by atoms with Crippen LogP contribution in [0.1, 0.15) is 26.7 Å². The predicted octanol–water partition coefficient (Wildman–Crippen LogP) is 0.535. The summed E-state index contributed by atoms with van der Waals surface area (Å²) in [4.78, 5) is 12.3. The maximum Gasteiger partial charge on any atom is 0.323 e. The summed E-state index contributed by atoms with van der Waals surface area (Å²) in [7, 11) is 0. The highest BCUT2D eigenvalue weighted by atomic mass is 16.5. The summed E-state index contributed by atoms with van der Waals surface area (Å²) in [6, 6.07) is 0.577. The van der Waals surface area contributed by atoms with E-state index in [4.69, 9.17) is 15.3 Å². The summed E-state index contributed by atoms with van der Waals surface area (Å²) in [5.74, 6) is 6.06. The summed E-state index contributed by atoms with van der Waals surface area (Å²) in [5, 5.41) is 3.22. The zero-order chi connectivity index (χ0) is 13.7. The highest BCUT2D eigenvalue weighted by molar-refractivity contribution is 5.36. The van der Waals surface area contributed by atoms with Crippen molar-refractivity contribution in [3.05, 3.63) is 0 Å². The smallest absolute Gasteiger partial charge is 0.323 e. The summed E-state index contributed by atoms with van der Waals surface area (Å²) in [5.41, 5.74) is 2.40. The summed E-state index contributed by atoms with van der Waals surface area (Å²) in [6.07, 6.45) is 2.24. The van der Waals surface area contributed by atoms with Gasteiger partial charge in [0.2, 0.25) is 11.9 Å². The summed E-state index contributed by atoms with van der Waals surface area (Å²) >= 11 is 0. The van der Waals surface area contributed by atoms with Gasteiger partial charge in [-0.1, -0.05) is 0 Å². The molecule has 1 aromatic rings. The lowest BCUT2D eigenvalue weighted by atomic mass is 9.89. The van der Waals surface area contributed by atoms with E-state index in [2.05, 4.69) is 25.7 Å². The Morgan fingerprint density at radius 3 is 2.53 bits per heavy atom. The number of hydrazine groups is 1. The van der Waals surface area contributed by atoms with Crippen LogP contribution in [0.5, 0.6) is 6.01 Å². The Kier molecular flexibility index (Phi) is 4.69. The third-order valence-electron chi connectivity index (χ3n) is 2.85. The molecule has 0 saturated heterocycles. The van der Waals surface area contributed by atoms with Gasteiger partial charge in [0.15, 0.2) is 0 Å². The fraction of sp³-hybridized carbons (Fsp3) is 0.727. The van der Waals surface area contributed by atoms with Crippen molar-refractivity contribution in [3.63, 3.8) is 0 Å². The number of ether oxygens (including phenoxy) is 2. The van der Waals surface area contributed by atoms with Crippen LogP contribution in [0.3, 0.4) is 0 Å². The van der Waals surface area contributed by atoms with E-state index in [0.29, 0.717) is 24.7 Å². The first kappa shape index (κ1) is 13.8. The van der Waals surface area contributed by atoms with Crippen LogP contribution in [0.2, 0.25) is 0 Å². The maximum atomic E-state index is 5.50. The standard InChI is InChI=1S/C11H20N6O2/c1-3-18-8-5-7(6-8)13-9-14-10(17-12)16-11(15-9)19-4-2/h7-8H,3-6,12H2,1-2H3,(H2,13,14,15,16,17). The Hall–Kier alpha value is -1.67. The number of nitrogens with two attached hydrogens (primary N) is 1. The lowest BCUT2D eigenvalue weighted by Crippen LogP contribution is -2.41. The van der Waals surface area contributed by atoms with E-state index in [0.717, 1.165) is 19.4 Å². The van der Waals surface area contributed by atoms with Crippen molar-refractivity contribution in [1.29, 1.82) is 0 Å². The molecule has 0 aliphatic heterocycles. The van der Waals surface area contributed by atoms with Gasteiger partial charge in [-0.2, -0.15) is 15.0 Å². The lowest BCUT2D eigenvalue weighted by Gasteiger charge is -2.35. The largest absolute Gasteiger partial charge is 0.464 e. The first-order chi connectivity index (χ1) is 9.25. The van der Waals surface area contributed by atoms with Gasteiger partial charge in [0, 0.05) is 12.6 Å². The summed E-state index contributed by atoms with van der Waals surface area (Å²) in [6.45, 7) is 5.10. The van der Waals surface area contributed by atoms with Gasteiger partial charge in [0.25, 0.3) is 0 Å². The molecular formula is C11H20N6O2. The zero-order valence-electron chi connectivity index (χ0n) is 11.2. The van der Waals surface area contributed by atoms with Crippen molar-refractivity contribution in [2.24, 2.45) is 5.84 Å². The fourth-order valence-electron chi connectivity index (χ4n) is 1.92. The number of anilines is 2. The molecule has 0 bridgehead atoms. The first-order valence-corrected chi connectivity index (χ1v) is 6.48. The molecule has 1 saturated carbocycles. The average molecular weight is 268 g/mol. The SMILES string of the molecule is CCOc1nc(NN)nc(NC2CC(OCC)C2)n1. The second-order valence-electron chi connectivity index (χ2n) is 4.23. The van der Waals surface area contributed by atoms with Gasteiger partial charge >= 0.3 is 6.01 Å². The van der Waals surface area contributed by atoms with Crippen molar-refractivity contribution in [3.8, 4) is 6.01 Å².